The highest BCUT2D eigenvalue weighted by atomic mass is 32.2. The average molecular weight is 311 g/mol. The third kappa shape index (κ3) is 2.90. The van der Waals surface area contributed by atoms with Gasteiger partial charge in [-0.05, 0) is 29.3 Å². The Morgan fingerprint density at radius 3 is 2.36 bits per heavy atom. The fourth-order valence-corrected chi connectivity index (χ4v) is 2.98. The quantitative estimate of drug-likeness (QED) is 0.750. The van der Waals surface area contributed by atoms with E-state index in [1.807, 2.05) is 36.4 Å². The Morgan fingerprint density at radius 1 is 0.864 bits per heavy atom. The molecule has 0 amide bonds. The fourth-order valence-electron chi connectivity index (χ4n) is 2.30. The zero-order chi connectivity index (χ0) is 15.6. The van der Waals surface area contributed by atoms with Crippen LogP contribution in [0.2, 0.25) is 0 Å². The molecule has 22 heavy (non-hydrogen) atoms. The standard InChI is InChI=1S/C17H13NO3S/c19-22(20,21)17-8-4-1-5-14(17)10-9-13-11-12-18-16-7-3-2-6-15(13)16/h1-12H,(H,19,20,21)/b10-9+. The second-order valence-electron chi connectivity index (χ2n) is 4.76. The molecule has 4 nitrogen and oxygen atoms in total. The molecule has 0 aliphatic heterocycles. The minimum atomic E-state index is -4.24. The number of fused-ring (bicyclic) bond motifs is 1. The monoisotopic (exact) mass is 311 g/mol. The zero-order valence-corrected chi connectivity index (χ0v) is 12.4. The first kappa shape index (κ1) is 14.4. The van der Waals surface area contributed by atoms with Gasteiger partial charge < -0.3 is 0 Å². The molecule has 0 saturated heterocycles. The summed E-state index contributed by atoms with van der Waals surface area (Å²) in [5.74, 6) is 0. The predicted molar refractivity (Wildman–Crippen MR) is 86.9 cm³/mol. The molecule has 0 atom stereocenters. The summed E-state index contributed by atoms with van der Waals surface area (Å²) in [4.78, 5) is 4.18. The van der Waals surface area contributed by atoms with Crippen LogP contribution in [0.1, 0.15) is 11.1 Å². The summed E-state index contributed by atoms with van der Waals surface area (Å²) in [6.07, 6.45) is 5.19. The highest BCUT2D eigenvalue weighted by Crippen LogP contribution is 2.21. The van der Waals surface area contributed by atoms with Crippen molar-refractivity contribution in [1.29, 1.82) is 0 Å². The number of para-hydroxylation sites is 1. The van der Waals surface area contributed by atoms with E-state index in [4.69, 9.17) is 0 Å². The van der Waals surface area contributed by atoms with Gasteiger partial charge in [-0.15, -0.1) is 0 Å². The molecule has 1 heterocycles. The van der Waals surface area contributed by atoms with E-state index < -0.39 is 10.1 Å². The van der Waals surface area contributed by atoms with Crippen LogP contribution < -0.4 is 0 Å². The molecule has 0 saturated carbocycles. The summed E-state index contributed by atoms with van der Waals surface area (Å²) in [5, 5.41) is 0.977. The van der Waals surface area contributed by atoms with Crippen molar-refractivity contribution in [3.05, 3.63) is 71.9 Å². The largest absolute Gasteiger partial charge is 0.295 e. The maximum absolute atomic E-state index is 11.4. The Balaban J connectivity index is 2.08. The molecule has 0 radical (unpaired) electrons. The molecule has 0 spiro atoms. The lowest BCUT2D eigenvalue weighted by Gasteiger charge is -2.03. The van der Waals surface area contributed by atoms with Crippen LogP contribution in [0, 0.1) is 0 Å². The van der Waals surface area contributed by atoms with Crippen LogP contribution in [0.3, 0.4) is 0 Å². The van der Waals surface area contributed by atoms with E-state index in [0.717, 1.165) is 16.5 Å². The predicted octanol–water partition coefficient (Wildman–Crippen LogP) is 3.65. The van der Waals surface area contributed by atoms with Gasteiger partial charge in [0.05, 0.1) is 5.52 Å². The number of hydrogen-bond acceptors (Lipinski definition) is 3. The van der Waals surface area contributed by atoms with E-state index in [1.54, 1.807) is 30.5 Å². The molecule has 3 rings (SSSR count). The van der Waals surface area contributed by atoms with Gasteiger partial charge in [0, 0.05) is 11.6 Å². The van der Waals surface area contributed by atoms with Crippen molar-refractivity contribution in [2.45, 2.75) is 4.90 Å². The SMILES string of the molecule is O=S(=O)(O)c1ccccc1/C=C/c1ccnc2ccccc12. The van der Waals surface area contributed by atoms with Crippen LogP contribution in [-0.4, -0.2) is 18.0 Å². The normalized spacial score (nSPS) is 12.0. The van der Waals surface area contributed by atoms with Gasteiger partial charge in [-0.2, -0.15) is 8.42 Å². The van der Waals surface area contributed by atoms with Gasteiger partial charge in [-0.25, -0.2) is 0 Å². The van der Waals surface area contributed by atoms with Crippen molar-refractivity contribution in [2.24, 2.45) is 0 Å². The van der Waals surface area contributed by atoms with Crippen molar-refractivity contribution < 1.29 is 13.0 Å². The first-order valence-corrected chi connectivity index (χ1v) is 8.08. The van der Waals surface area contributed by atoms with E-state index >= 15 is 0 Å². The Kier molecular flexibility index (Phi) is 3.75. The number of pyridine rings is 1. The lowest BCUT2D eigenvalue weighted by molar-refractivity contribution is 0.483. The van der Waals surface area contributed by atoms with Crippen LogP contribution in [0.4, 0.5) is 0 Å². The molecular formula is C17H13NO3S. The molecule has 1 aromatic heterocycles. The van der Waals surface area contributed by atoms with Crippen LogP contribution in [0.15, 0.2) is 65.7 Å². The van der Waals surface area contributed by atoms with Gasteiger partial charge >= 0.3 is 0 Å². The Hall–Kier alpha value is -2.50. The van der Waals surface area contributed by atoms with Gasteiger partial charge in [-0.3, -0.25) is 9.54 Å². The first-order chi connectivity index (χ1) is 10.6. The summed E-state index contributed by atoms with van der Waals surface area (Å²) < 4.78 is 32.0. The van der Waals surface area contributed by atoms with Gasteiger partial charge in [0.1, 0.15) is 4.90 Å². The molecule has 1 N–H and O–H groups in total. The summed E-state index contributed by atoms with van der Waals surface area (Å²) in [5.41, 5.74) is 2.23. The number of rotatable bonds is 3. The smallest absolute Gasteiger partial charge is 0.282 e. The third-order valence-electron chi connectivity index (χ3n) is 3.32. The summed E-state index contributed by atoms with van der Waals surface area (Å²) in [6, 6.07) is 15.9. The minimum absolute atomic E-state index is 0.107. The summed E-state index contributed by atoms with van der Waals surface area (Å²) in [7, 11) is -4.24. The number of benzene rings is 2. The lowest BCUT2D eigenvalue weighted by atomic mass is 10.1. The van der Waals surface area contributed by atoms with Crippen molar-refractivity contribution in [3.8, 4) is 0 Å². The molecule has 0 aliphatic rings. The number of hydrogen-bond donors (Lipinski definition) is 1. The van der Waals surface area contributed by atoms with E-state index in [2.05, 4.69) is 4.98 Å². The molecule has 0 aliphatic carbocycles. The lowest BCUT2D eigenvalue weighted by Crippen LogP contribution is -2.00. The van der Waals surface area contributed by atoms with Gasteiger partial charge in [0.25, 0.3) is 10.1 Å². The van der Waals surface area contributed by atoms with E-state index in [-0.39, 0.29) is 4.90 Å². The maximum Gasteiger partial charge on any atom is 0.295 e. The van der Waals surface area contributed by atoms with Crippen molar-refractivity contribution in [3.63, 3.8) is 0 Å². The molecule has 2 aromatic carbocycles. The van der Waals surface area contributed by atoms with Crippen LogP contribution in [0.5, 0.6) is 0 Å². The average Bonchev–Trinajstić information content (AvgIpc) is 2.52. The van der Waals surface area contributed by atoms with E-state index in [9.17, 15) is 13.0 Å². The molecule has 5 heteroatoms. The molecule has 3 aromatic rings. The Bertz CT molecular complexity index is 957. The Labute approximate surface area is 128 Å². The van der Waals surface area contributed by atoms with Gasteiger partial charge in [0.2, 0.25) is 0 Å². The highest BCUT2D eigenvalue weighted by Gasteiger charge is 2.12. The second kappa shape index (κ2) is 5.71. The summed E-state index contributed by atoms with van der Waals surface area (Å²) in [6.45, 7) is 0. The topological polar surface area (TPSA) is 67.3 Å². The Morgan fingerprint density at radius 2 is 1.55 bits per heavy atom. The maximum atomic E-state index is 11.4. The van der Waals surface area contributed by atoms with Crippen molar-refractivity contribution in [2.75, 3.05) is 0 Å². The molecular weight excluding hydrogens is 298 g/mol. The van der Waals surface area contributed by atoms with Gasteiger partial charge in [0.15, 0.2) is 0 Å². The molecule has 110 valence electrons. The van der Waals surface area contributed by atoms with E-state index in [0.29, 0.717) is 5.56 Å². The van der Waals surface area contributed by atoms with Crippen molar-refractivity contribution in [1.82, 2.24) is 4.98 Å². The number of nitrogens with zero attached hydrogens (tertiary/aromatic N) is 1. The first-order valence-electron chi connectivity index (χ1n) is 6.64. The minimum Gasteiger partial charge on any atom is -0.282 e. The third-order valence-corrected chi connectivity index (χ3v) is 4.25. The molecule has 0 unspecified atom stereocenters. The summed E-state index contributed by atoms with van der Waals surface area (Å²) >= 11 is 0. The highest BCUT2D eigenvalue weighted by molar-refractivity contribution is 7.85. The number of aromatic nitrogens is 1. The van der Waals surface area contributed by atoms with Crippen LogP contribution >= 0.6 is 0 Å². The van der Waals surface area contributed by atoms with E-state index in [1.165, 1.54) is 6.07 Å². The fraction of sp³-hybridized carbons (Fsp3) is 0. The zero-order valence-electron chi connectivity index (χ0n) is 11.5. The second-order valence-corrected chi connectivity index (χ2v) is 6.15. The van der Waals surface area contributed by atoms with Crippen molar-refractivity contribution >= 4 is 33.2 Å². The van der Waals surface area contributed by atoms with Gasteiger partial charge in [-0.1, -0.05) is 48.6 Å². The molecule has 0 bridgehead atoms. The van der Waals surface area contributed by atoms with Crippen LogP contribution in [-0.2, 0) is 10.1 Å². The van der Waals surface area contributed by atoms with Crippen LogP contribution in [0.25, 0.3) is 23.1 Å². The molecule has 0 fully saturated rings.